The van der Waals surface area contributed by atoms with E-state index in [4.69, 9.17) is 20.9 Å². The van der Waals surface area contributed by atoms with Crippen LogP contribution in [0.15, 0.2) is 102 Å². The van der Waals surface area contributed by atoms with Gasteiger partial charge in [0.1, 0.15) is 6.61 Å². The average molecular weight is 464 g/mol. The fourth-order valence-corrected chi connectivity index (χ4v) is 4.27. The molecule has 0 saturated heterocycles. The molecule has 0 aliphatic rings. The molecule has 7 heteroatoms. The Labute approximate surface area is 191 Å². The Bertz CT molecular complexity index is 1250. The molecule has 1 unspecified atom stereocenters. The Kier molecular flexibility index (Phi) is 7.13. The molecule has 0 N–H and O–H groups in total. The molecule has 2 atom stereocenters. The largest absolute Gasteiger partial charge is 0.575 e. The number of carbonyl (C=O) groups is 1. The molecular weight excluding hydrogens is 445 g/mol. The molecule has 5 nitrogen and oxygen atoms in total. The van der Waals surface area contributed by atoms with Crippen LogP contribution in [0.1, 0.15) is 17.2 Å². The molecule has 32 heavy (non-hydrogen) atoms. The number of hydrogen-bond donors (Lipinski definition) is 0. The van der Waals surface area contributed by atoms with Gasteiger partial charge in [0.05, 0.1) is 5.02 Å². The van der Waals surface area contributed by atoms with E-state index in [1.807, 2.05) is 66.7 Å². The number of hydrogen-bond acceptors (Lipinski definition) is 5. The Hall–Kier alpha value is -3.24. The Morgan fingerprint density at radius 2 is 1.56 bits per heavy atom. The van der Waals surface area contributed by atoms with Crippen LogP contribution in [0.4, 0.5) is 0 Å². The summed E-state index contributed by atoms with van der Waals surface area (Å²) in [6, 6.07) is 28.0. The number of benzene rings is 4. The summed E-state index contributed by atoms with van der Waals surface area (Å²) in [5, 5.41) is 1.91. The molecule has 4 aromatic carbocycles. The van der Waals surface area contributed by atoms with Gasteiger partial charge in [0.15, 0.2) is 0 Å². The minimum atomic E-state index is -2.62. The summed E-state index contributed by atoms with van der Waals surface area (Å²) < 4.78 is 15.2. The van der Waals surface area contributed by atoms with Gasteiger partial charge in [-0.1, -0.05) is 107 Å². The molecule has 0 heterocycles. The Morgan fingerprint density at radius 1 is 0.906 bits per heavy atom. The first kappa shape index (κ1) is 22.0. The van der Waals surface area contributed by atoms with Crippen molar-refractivity contribution in [2.45, 2.75) is 12.6 Å². The van der Waals surface area contributed by atoms with Gasteiger partial charge in [-0.05, 0) is 22.6 Å². The van der Waals surface area contributed by atoms with E-state index in [9.17, 15) is 9.69 Å². The van der Waals surface area contributed by atoms with Crippen molar-refractivity contribution in [3.05, 3.63) is 113 Å². The van der Waals surface area contributed by atoms with Crippen LogP contribution in [0.25, 0.3) is 10.8 Å². The zero-order chi connectivity index (χ0) is 22.3. The van der Waals surface area contributed by atoms with Gasteiger partial charge in [-0.3, -0.25) is 4.52 Å². The summed E-state index contributed by atoms with van der Waals surface area (Å²) in [5.74, 6) is -0.352. The van der Waals surface area contributed by atoms with Crippen molar-refractivity contribution in [3.8, 4) is 5.75 Å². The van der Waals surface area contributed by atoms with Crippen LogP contribution in [0.5, 0.6) is 5.75 Å². The number of rotatable bonds is 7. The van der Waals surface area contributed by atoms with Gasteiger partial charge in [-0.2, -0.15) is 0 Å². The van der Waals surface area contributed by atoms with Crippen LogP contribution in [0, 0.1) is 0 Å². The van der Waals surface area contributed by atoms with Crippen molar-refractivity contribution in [2.75, 3.05) is 0 Å². The first-order valence-corrected chi connectivity index (χ1v) is 11.4. The maximum atomic E-state index is 12.9. The first-order valence-electron chi connectivity index (χ1n) is 9.90. The van der Waals surface area contributed by atoms with Crippen LogP contribution in [0.2, 0.25) is 5.02 Å². The monoisotopic (exact) mass is 463 g/mol. The number of nitrogens with zero attached hydrogens (tertiary/aromatic N) is 1. The van der Waals surface area contributed by atoms with Crippen molar-refractivity contribution >= 4 is 36.5 Å². The molecule has 0 bridgehead atoms. The molecule has 0 spiro atoms. The molecule has 4 aromatic rings. The number of fused-ring (bicyclic) bond motifs is 1. The Morgan fingerprint density at radius 3 is 2.31 bits per heavy atom. The third-order valence-electron chi connectivity index (χ3n) is 4.77. The molecule has 0 aromatic heterocycles. The van der Waals surface area contributed by atoms with E-state index in [1.165, 1.54) is 0 Å². The van der Waals surface area contributed by atoms with Gasteiger partial charge in [-0.15, -0.1) is 0 Å². The van der Waals surface area contributed by atoms with Crippen LogP contribution in [-0.4, -0.2) is 5.97 Å². The van der Waals surface area contributed by atoms with E-state index in [1.54, 1.807) is 30.3 Å². The first-order chi connectivity index (χ1) is 15.6. The lowest BCUT2D eigenvalue weighted by atomic mass is 10.1. The van der Waals surface area contributed by atoms with Crippen LogP contribution < -0.4 is 9.42 Å². The third kappa shape index (κ3) is 5.32. The van der Waals surface area contributed by atoms with E-state index in [2.05, 4.69) is 4.74 Å². The van der Waals surface area contributed by atoms with Gasteiger partial charge >= 0.3 is 14.1 Å². The molecule has 0 aliphatic carbocycles. The molecule has 0 radical (unpaired) electrons. The fraction of sp³-hybridized carbons (Fsp3) is 0.0800. The van der Waals surface area contributed by atoms with Crippen molar-refractivity contribution in [3.63, 3.8) is 0 Å². The molecule has 0 aliphatic heterocycles. The van der Waals surface area contributed by atoms with E-state index >= 15 is 0 Å². The van der Waals surface area contributed by atoms with Crippen molar-refractivity contribution in [1.82, 2.24) is 0 Å². The van der Waals surface area contributed by atoms with Gasteiger partial charge in [-0.25, -0.2) is 4.79 Å². The van der Waals surface area contributed by atoms with Crippen molar-refractivity contribution in [2.24, 2.45) is 4.74 Å². The highest BCUT2D eigenvalue weighted by Crippen LogP contribution is 2.39. The molecule has 160 valence electrons. The van der Waals surface area contributed by atoms with Crippen molar-refractivity contribution < 1.29 is 18.9 Å². The molecule has 0 amide bonds. The highest BCUT2D eigenvalue weighted by molar-refractivity contribution is 7.34. The minimum absolute atomic E-state index is 0.0886. The lowest BCUT2D eigenvalue weighted by Crippen LogP contribution is -2.15. The predicted octanol–water partition coefficient (Wildman–Crippen LogP) is 6.21. The summed E-state index contributed by atoms with van der Waals surface area (Å²) >= 11 is 6.29. The maximum Gasteiger partial charge on any atom is 0.395 e. The summed E-state index contributed by atoms with van der Waals surface area (Å²) in [6.07, 6.45) is 0. The van der Waals surface area contributed by atoms with E-state index in [0.717, 1.165) is 10.9 Å². The van der Waals surface area contributed by atoms with Gasteiger partial charge in [0.25, 0.3) is 0 Å². The minimum Gasteiger partial charge on any atom is -0.575 e. The molecule has 0 saturated carbocycles. The second-order valence-electron chi connectivity index (χ2n) is 6.95. The van der Waals surface area contributed by atoms with Gasteiger partial charge in [0.2, 0.25) is 11.8 Å². The summed E-state index contributed by atoms with van der Waals surface area (Å²) in [7, 11) is -2.62. The number of ether oxygens (including phenoxy) is 1. The number of carbonyl (C=O) groups excluding carboxylic acids is 1. The fourth-order valence-electron chi connectivity index (χ4n) is 3.20. The zero-order valence-corrected chi connectivity index (χ0v) is 18.6. The van der Waals surface area contributed by atoms with E-state index < -0.39 is 20.2 Å². The topological polar surface area (TPSA) is 71.0 Å². The lowest BCUT2D eigenvalue weighted by molar-refractivity contribution is -0.169. The normalized spacial score (nSPS) is 12.4. The molecular formula is C25H19ClNO4P. The van der Waals surface area contributed by atoms with Crippen LogP contribution >= 0.6 is 19.8 Å². The highest BCUT2D eigenvalue weighted by atomic mass is 35.5. The molecule has 0 fully saturated rings. The van der Waals surface area contributed by atoms with Gasteiger partial charge in [0, 0.05) is 5.39 Å². The molecule has 4 rings (SSSR count). The third-order valence-corrected chi connectivity index (χ3v) is 5.83. The number of esters is 1. The van der Waals surface area contributed by atoms with E-state index in [-0.39, 0.29) is 12.4 Å². The summed E-state index contributed by atoms with van der Waals surface area (Å²) in [5.41, 5.74) is 1.40. The standard InChI is InChI=1S/C25H19ClNO4P/c26-22-16-15-19-11-7-8-14-21(19)24(22)31-32(29)27-23(20-12-5-2-6-13-20)25(28)30-17-18-9-3-1-4-10-18/h1-16,23H,17H2/t23-/m1/s1. The second kappa shape index (κ2) is 10.4. The second-order valence-corrected chi connectivity index (χ2v) is 8.25. The summed E-state index contributed by atoms with van der Waals surface area (Å²) in [4.78, 5) is 25.7. The summed E-state index contributed by atoms with van der Waals surface area (Å²) in [6.45, 7) is 0.0886. The quantitative estimate of drug-likeness (QED) is 0.241. The lowest BCUT2D eigenvalue weighted by Gasteiger charge is -2.11. The Balaban J connectivity index is 1.60. The van der Waals surface area contributed by atoms with Gasteiger partial charge < -0.3 is 9.63 Å². The number of halogens is 1. The smallest absolute Gasteiger partial charge is 0.395 e. The van der Waals surface area contributed by atoms with Crippen LogP contribution in [0.3, 0.4) is 0 Å². The zero-order valence-electron chi connectivity index (χ0n) is 16.9. The van der Waals surface area contributed by atoms with E-state index in [0.29, 0.717) is 16.0 Å². The average Bonchev–Trinajstić information content (AvgIpc) is 2.84. The van der Waals surface area contributed by atoms with Crippen molar-refractivity contribution in [1.29, 1.82) is 0 Å². The van der Waals surface area contributed by atoms with Crippen LogP contribution in [-0.2, 0) is 16.1 Å². The maximum absolute atomic E-state index is 12.9. The SMILES string of the molecule is O=C(OCc1ccccc1)[C@H](N=[P+]([O-])Oc1c(Cl)ccc2ccccc12)c1ccccc1. The highest BCUT2D eigenvalue weighted by Gasteiger charge is 2.26. The predicted molar refractivity (Wildman–Crippen MR) is 124 cm³/mol.